The van der Waals surface area contributed by atoms with Crippen molar-refractivity contribution >= 4 is 33.5 Å². The van der Waals surface area contributed by atoms with Crippen LogP contribution in [0.1, 0.15) is 105 Å². The maximum Gasteiger partial charge on any atom is 0.337 e. The number of methoxy groups -OCH3 is 2. The normalized spacial score (nSPS) is 18.4. The Morgan fingerprint density at radius 1 is 0.529 bits per heavy atom. The van der Waals surface area contributed by atoms with Crippen LogP contribution in [0.3, 0.4) is 0 Å². The third-order valence-corrected chi connectivity index (χ3v) is 14.1. The number of hydrogen-bond acceptors (Lipinski definition) is 8. The molecule has 10 rings (SSSR count). The van der Waals surface area contributed by atoms with Crippen LogP contribution in [0.2, 0.25) is 0 Å². The molecule has 8 nitrogen and oxygen atoms in total. The van der Waals surface area contributed by atoms with E-state index in [9.17, 15) is 9.59 Å². The fraction of sp³-hybridized carbons (Fsp3) is 0.233. The highest BCUT2D eigenvalue weighted by Gasteiger charge is 2.32. The Morgan fingerprint density at radius 2 is 1.03 bits per heavy atom. The van der Waals surface area contributed by atoms with E-state index in [1.807, 2.05) is 48.5 Å². The minimum Gasteiger partial charge on any atom is -0.489 e. The van der Waals surface area contributed by atoms with Crippen molar-refractivity contribution in [3.63, 3.8) is 0 Å². The molecule has 2 heterocycles. The number of benzene rings is 8. The van der Waals surface area contributed by atoms with Crippen molar-refractivity contribution in [1.29, 1.82) is 0 Å². The van der Waals surface area contributed by atoms with Crippen LogP contribution in [0, 0.1) is 0 Å². The molecule has 6 atom stereocenters. The Labute approximate surface area is 398 Å². The first kappa shape index (κ1) is 44.6. The first-order valence-electron chi connectivity index (χ1n) is 23.7. The molecule has 8 aromatic carbocycles. The molecule has 0 spiro atoms. The Morgan fingerprint density at radius 3 is 1.68 bits per heavy atom. The van der Waals surface area contributed by atoms with Gasteiger partial charge in [0.25, 0.3) is 0 Å². The number of ether oxygens (including phenoxy) is 4. The topological polar surface area (TPSA) is 95.1 Å². The van der Waals surface area contributed by atoms with Crippen LogP contribution in [-0.2, 0) is 9.47 Å². The average Bonchev–Trinajstić information content (AvgIpc) is 3.40. The summed E-state index contributed by atoms with van der Waals surface area (Å²) < 4.78 is 23.5. The Kier molecular flexibility index (Phi) is 12.8. The molecular formula is C60H56N2O6. The van der Waals surface area contributed by atoms with Crippen molar-refractivity contribution in [2.75, 3.05) is 27.3 Å². The Hall–Kier alpha value is -7.26. The van der Waals surface area contributed by atoms with Crippen molar-refractivity contribution in [3.8, 4) is 22.6 Å². The molecule has 2 aliphatic heterocycles. The number of rotatable bonds is 13. The predicted molar refractivity (Wildman–Crippen MR) is 270 cm³/mol. The number of carbonyl (C=O) groups excluding carboxylic acids is 2. The lowest BCUT2D eigenvalue weighted by Crippen LogP contribution is -2.37. The fourth-order valence-corrected chi connectivity index (χ4v) is 10.5. The average molecular weight is 901 g/mol. The van der Waals surface area contributed by atoms with E-state index in [-0.39, 0.29) is 48.1 Å². The molecule has 0 aliphatic carbocycles. The van der Waals surface area contributed by atoms with Gasteiger partial charge in [0.2, 0.25) is 0 Å². The van der Waals surface area contributed by atoms with Crippen molar-refractivity contribution < 1.29 is 28.5 Å². The standard InChI is InChI=1S/C60H56N2O6/c1-37(47-16-9-13-39-12-5-6-14-49(39)47)61-36-46-34-56(41-24-28-43(29-25-41)60(64)66-4)54-31-30-44(32-58(54)68-46)50-18-11-19-51-48(17-10-20-52(50)51)38(2)62-35-45-33-55(53-15-7-8-21-57(53)67-45)40-22-26-42(27-23-40)59(63)65-3/h5-32,37-38,45-46,55-56,61-62H,33-36H2,1-4H3. The van der Waals surface area contributed by atoms with E-state index in [4.69, 9.17) is 18.9 Å². The van der Waals surface area contributed by atoms with Crippen LogP contribution in [0.25, 0.3) is 32.7 Å². The van der Waals surface area contributed by atoms with Gasteiger partial charge in [0.05, 0.1) is 25.3 Å². The highest BCUT2D eigenvalue weighted by Crippen LogP contribution is 2.44. The third kappa shape index (κ3) is 8.97. The number of nitrogens with one attached hydrogen (secondary N) is 2. The van der Waals surface area contributed by atoms with Crippen LogP contribution in [0.15, 0.2) is 170 Å². The lowest BCUT2D eigenvalue weighted by Gasteiger charge is -2.34. The second kappa shape index (κ2) is 19.5. The molecule has 2 aliphatic rings. The van der Waals surface area contributed by atoms with Gasteiger partial charge in [-0.1, -0.05) is 133 Å². The highest BCUT2D eigenvalue weighted by molar-refractivity contribution is 5.99. The molecule has 0 radical (unpaired) electrons. The summed E-state index contributed by atoms with van der Waals surface area (Å²) in [5, 5.41) is 12.5. The van der Waals surface area contributed by atoms with Crippen LogP contribution in [0.4, 0.5) is 0 Å². The molecule has 0 fully saturated rings. The quantitative estimate of drug-likeness (QED) is 0.111. The molecule has 6 unspecified atom stereocenters. The number of fused-ring (bicyclic) bond motifs is 4. The maximum atomic E-state index is 12.4. The van der Waals surface area contributed by atoms with Gasteiger partial charge in [0.1, 0.15) is 23.7 Å². The highest BCUT2D eigenvalue weighted by atomic mass is 16.5. The molecule has 68 heavy (non-hydrogen) atoms. The van der Waals surface area contributed by atoms with Gasteiger partial charge in [-0.3, -0.25) is 0 Å². The summed E-state index contributed by atoms with van der Waals surface area (Å²) in [7, 11) is 2.82. The molecule has 0 saturated heterocycles. The van der Waals surface area contributed by atoms with Gasteiger partial charge in [0.15, 0.2) is 0 Å². The summed E-state index contributed by atoms with van der Waals surface area (Å²) in [5.41, 5.74) is 10.3. The molecule has 0 aromatic heterocycles. The van der Waals surface area contributed by atoms with Crippen molar-refractivity contribution in [1.82, 2.24) is 10.6 Å². The first-order chi connectivity index (χ1) is 33.3. The van der Waals surface area contributed by atoms with E-state index < -0.39 is 0 Å². The molecule has 0 amide bonds. The molecule has 0 bridgehead atoms. The summed E-state index contributed by atoms with van der Waals surface area (Å²) >= 11 is 0. The van der Waals surface area contributed by atoms with Crippen LogP contribution < -0.4 is 20.1 Å². The monoisotopic (exact) mass is 900 g/mol. The number of esters is 2. The smallest absolute Gasteiger partial charge is 0.337 e. The molecule has 342 valence electrons. The van der Waals surface area contributed by atoms with E-state index >= 15 is 0 Å². The molecular weight excluding hydrogens is 845 g/mol. The van der Waals surface area contributed by atoms with Gasteiger partial charge >= 0.3 is 11.9 Å². The molecule has 8 heteroatoms. The van der Waals surface area contributed by atoms with Gasteiger partial charge in [-0.2, -0.15) is 0 Å². The summed E-state index contributed by atoms with van der Waals surface area (Å²) in [6.45, 7) is 5.77. The van der Waals surface area contributed by atoms with Gasteiger partial charge in [-0.05, 0) is 118 Å². The lowest BCUT2D eigenvalue weighted by atomic mass is 9.82. The van der Waals surface area contributed by atoms with Gasteiger partial charge in [-0.25, -0.2) is 9.59 Å². The van der Waals surface area contributed by atoms with E-state index in [0.29, 0.717) is 24.2 Å². The molecule has 8 aromatic rings. The third-order valence-electron chi connectivity index (χ3n) is 14.1. The van der Waals surface area contributed by atoms with Crippen LogP contribution in [-0.4, -0.2) is 51.5 Å². The van der Waals surface area contributed by atoms with E-state index in [1.54, 1.807) is 0 Å². The summed E-state index contributed by atoms with van der Waals surface area (Å²) in [6, 6.07) is 58.8. The molecule has 2 N–H and O–H groups in total. The number of hydrogen-bond donors (Lipinski definition) is 2. The Balaban J connectivity index is 0.901. The van der Waals surface area contributed by atoms with Gasteiger partial charge < -0.3 is 29.6 Å². The van der Waals surface area contributed by atoms with Crippen LogP contribution >= 0.6 is 0 Å². The largest absolute Gasteiger partial charge is 0.489 e. The van der Waals surface area contributed by atoms with Crippen molar-refractivity contribution in [3.05, 3.63) is 214 Å². The first-order valence-corrected chi connectivity index (χ1v) is 23.7. The number of carbonyl (C=O) groups is 2. The predicted octanol–water partition coefficient (Wildman–Crippen LogP) is 12.5. The number of para-hydroxylation sites is 1. The SMILES string of the molecule is COC(=O)c1ccc(C2CC(CNC(C)c3cccc4ccccc34)Oc3cc(-c4cccc5c(C(C)NCC6CC(c7ccc(C(=O)OC)cc7)c7ccccc7O6)cccc45)ccc32)cc1. The minimum atomic E-state index is -0.346. The summed E-state index contributed by atoms with van der Waals surface area (Å²) in [5.74, 6) is 1.27. The van der Waals surface area contributed by atoms with E-state index in [0.717, 1.165) is 57.7 Å². The van der Waals surface area contributed by atoms with Crippen molar-refractivity contribution in [2.24, 2.45) is 0 Å². The molecule has 0 saturated carbocycles. The van der Waals surface area contributed by atoms with E-state index in [1.165, 1.54) is 46.9 Å². The lowest BCUT2D eigenvalue weighted by molar-refractivity contribution is 0.0592. The fourth-order valence-electron chi connectivity index (χ4n) is 10.5. The zero-order valence-corrected chi connectivity index (χ0v) is 38.9. The van der Waals surface area contributed by atoms with Crippen LogP contribution in [0.5, 0.6) is 11.5 Å². The Bertz CT molecular complexity index is 3110. The minimum absolute atomic E-state index is 0.0373. The van der Waals surface area contributed by atoms with Crippen molar-refractivity contribution in [2.45, 2.75) is 62.8 Å². The van der Waals surface area contributed by atoms with Gasteiger partial charge in [0, 0.05) is 48.1 Å². The van der Waals surface area contributed by atoms with E-state index in [2.05, 4.69) is 146 Å². The zero-order valence-electron chi connectivity index (χ0n) is 38.9. The summed E-state index contributed by atoms with van der Waals surface area (Å²) in [4.78, 5) is 24.5. The van der Waals surface area contributed by atoms with Gasteiger partial charge in [-0.15, -0.1) is 0 Å². The zero-order chi connectivity index (χ0) is 46.7. The second-order valence-corrected chi connectivity index (χ2v) is 18.2. The second-order valence-electron chi connectivity index (χ2n) is 18.2. The maximum absolute atomic E-state index is 12.4. The summed E-state index contributed by atoms with van der Waals surface area (Å²) in [6.07, 6.45) is 1.42.